The summed E-state index contributed by atoms with van der Waals surface area (Å²) < 4.78 is 11.2. The number of aromatic nitrogens is 3. The summed E-state index contributed by atoms with van der Waals surface area (Å²) in [5.41, 5.74) is 2.63. The topological polar surface area (TPSA) is 84.4 Å². The third-order valence-corrected chi connectivity index (χ3v) is 6.26. The van der Waals surface area contributed by atoms with Gasteiger partial charge >= 0.3 is 0 Å². The van der Waals surface area contributed by atoms with E-state index in [-0.39, 0.29) is 0 Å². The van der Waals surface area contributed by atoms with E-state index >= 15 is 0 Å². The predicted molar refractivity (Wildman–Crippen MR) is 144 cm³/mol. The quantitative estimate of drug-likeness (QED) is 0.274. The van der Waals surface area contributed by atoms with Gasteiger partial charge in [-0.05, 0) is 86.9 Å². The highest BCUT2D eigenvalue weighted by Gasteiger charge is 2.09. The number of anilines is 4. The van der Waals surface area contributed by atoms with E-state index < -0.39 is 0 Å². The van der Waals surface area contributed by atoms with Crippen LogP contribution in [0.1, 0.15) is 25.7 Å². The standard InChI is InChI=1S/C28H32N6O2/c1-35-25-10-11-26-21(19-25)18-23(20-30-26)31-27-12-13-29-28(33-27)32-22-6-8-24(9-7-22)36-17-5-16-34-14-3-2-4-15-34/h6-13,18-20H,2-5,14-17H2,1H3,(H2,29,31,32,33). The van der Waals surface area contributed by atoms with Gasteiger partial charge in [0.15, 0.2) is 0 Å². The fraction of sp³-hybridized carbons (Fsp3) is 0.321. The van der Waals surface area contributed by atoms with Crippen LogP contribution in [0.5, 0.6) is 11.5 Å². The van der Waals surface area contributed by atoms with Crippen molar-refractivity contribution in [1.29, 1.82) is 0 Å². The van der Waals surface area contributed by atoms with Crippen molar-refractivity contribution in [2.75, 3.05) is 44.0 Å². The first-order valence-corrected chi connectivity index (χ1v) is 12.5. The second-order valence-corrected chi connectivity index (χ2v) is 8.93. The van der Waals surface area contributed by atoms with E-state index in [1.165, 1.54) is 32.4 Å². The number of pyridine rings is 1. The molecule has 1 fully saturated rings. The minimum Gasteiger partial charge on any atom is -0.497 e. The molecule has 0 bridgehead atoms. The maximum atomic E-state index is 5.92. The maximum absolute atomic E-state index is 5.92. The van der Waals surface area contributed by atoms with E-state index in [1.807, 2.05) is 54.6 Å². The summed E-state index contributed by atoms with van der Waals surface area (Å²) in [6.45, 7) is 4.31. The molecule has 2 N–H and O–H groups in total. The Balaban J connectivity index is 1.14. The minimum absolute atomic E-state index is 0.505. The van der Waals surface area contributed by atoms with Crippen LogP contribution in [0.15, 0.2) is 67.0 Å². The predicted octanol–water partition coefficient (Wildman–Crippen LogP) is 5.78. The maximum Gasteiger partial charge on any atom is 0.229 e. The molecule has 36 heavy (non-hydrogen) atoms. The average molecular weight is 485 g/mol. The summed E-state index contributed by atoms with van der Waals surface area (Å²) in [4.78, 5) is 16.0. The van der Waals surface area contributed by atoms with Gasteiger partial charge < -0.3 is 25.0 Å². The zero-order valence-corrected chi connectivity index (χ0v) is 20.6. The largest absolute Gasteiger partial charge is 0.497 e. The molecular weight excluding hydrogens is 452 g/mol. The van der Waals surface area contributed by atoms with E-state index in [4.69, 9.17) is 9.47 Å². The first-order chi connectivity index (χ1) is 17.7. The van der Waals surface area contributed by atoms with Gasteiger partial charge in [-0.3, -0.25) is 4.98 Å². The minimum atomic E-state index is 0.505. The first kappa shape index (κ1) is 23.8. The second-order valence-electron chi connectivity index (χ2n) is 8.93. The van der Waals surface area contributed by atoms with Gasteiger partial charge in [0.05, 0.1) is 31.1 Å². The fourth-order valence-corrected chi connectivity index (χ4v) is 4.37. The van der Waals surface area contributed by atoms with Gasteiger partial charge in [-0.1, -0.05) is 6.42 Å². The third kappa shape index (κ3) is 6.40. The van der Waals surface area contributed by atoms with E-state index in [0.717, 1.165) is 53.3 Å². The van der Waals surface area contributed by atoms with Crippen LogP contribution in [0.25, 0.3) is 10.9 Å². The molecular formula is C28H32N6O2. The van der Waals surface area contributed by atoms with E-state index in [2.05, 4.69) is 30.5 Å². The molecule has 3 heterocycles. The Hall–Kier alpha value is -3.91. The Labute approximate surface area is 211 Å². The van der Waals surface area contributed by atoms with Crippen molar-refractivity contribution in [3.8, 4) is 11.5 Å². The van der Waals surface area contributed by atoms with Gasteiger partial charge in [0.25, 0.3) is 0 Å². The Morgan fingerprint density at radius 1 is 0.861 bits per heavy atom. The molecule has 1 aliphatic rings. The highest BCUT2D eigenvalue weighted by Crippen LogP contribution is 2.24. The van der Waals surface area contributed by atoms with Gasteiger partial charge in [-0.2, -0.15) is 4.98 Å². The molecule has 5 rings (SSSR count). The summed E-state index contributed by atoms with van der Waals surface area (Å²) in [7, 11) is 1.66. The lowest BCUT2D eigenvalue weighted by Crippen LogP contribution is -2.31. The lowest BCUT2D eigenvalue weighted by molar-refractivity contribution is 0.205. The number of hydrogen-bond donors (Lipinski definition) is 2. The van der Waals surface area contributed by atoms with Crippen molar-refractivity contribution in [3.05, 3.63) is 67.0 Å². The second kappa shape index (κ2) is 11.7. The molecule has 186 valence electrons. The Morgan fingerprint density at radius 3 is 2.53 bits per heavy atom. The third-order valence-electron chi connectivity index (χ3n) is 6.26. The number of nitrogens with one attached hydrogen (secondary N) is 2. The molecule has 0 radical (unpaired) electrons. The number of benzene rings is 2. The zero-order valence-electron chi connectivity index (χ0n) is 20.6. The number of fused-ring (bicyclic) bond motifs is 1. The summed E-state index contributed by atoms with van der Waals surface area (Å²) in [5, 5.41) is 7.55. The zero-order chi connectivity index (χ0) is 24.6. The summed E-state index contributed by atoms with van der Waals surface area (Å²) >= 11 is 0. The van der Waals surface area contributed by atoms with E-state index in [9.17, 15) is 0 Å². The van der Waals surface area contributed by atoms with Crippen molar-refractivity contribution in [2.24, 2.45) is 0 Å². The average Bonchev–Trinajstić information content (AvgIpc) is 2.92. The van der Waals surface area contributed by atoms with E-state index in [0.29, 0.717) is 11.8 Å². The van der Waals surface area contributed by atoms with Crippen molar-refractivity contribution in [1.82, 2.24) is 19.9 Å². The van der Waals surface area contributed by atoms with Crippen LogP contribution in [0.2, 0.25) is 0 Å². The highest BCUT2D eigenvalue weighted by molar-refractivity contribution is 5.83. The van der Waals surface area contributed by atoms with Crippen LogP contribution >= 0.6 is 0 Å². The molecule has 0 unspecified atom stereocenters. The van der Waals surface area contributed by atoms with Crippen LogP contribution < -0.4 is 20.1 Å². The van der Waals surface area contributed by atoms with Gasteiger partial charge in [0.2, 0.25) is 5.95 Å². The molecule has 0 atom stereocenters. The smallest absolute Gasteiger partial charge is 0.229 e. The lowest BCUT2D eigenvalue weighted by Gasteiger charge is -2.26. The summed E-state index contributed by atoms with van der Waals surface area (Å²) in [6, 6.07) is 17.5. The number of piperidine rings is 1. The van der Waals surface area contributed by atoms with Crippen molar-refractivity contribution < 1.29 is 9.47 Å². The number of rotatable bonds is 10. The molecule has 4 aromatic rings. The van der Waals surface area contributed by atoms with Gasteiger partial charge in [0.1, 0.15) is 17.3 Å². The Bertz CT molecular complexity index is 1270. The summed E-state index contributed by atoms with van der Waals surface area (Å²) in [6.07, 6.45) is 8.58. The Kier molecular flexibility index (Phi) is 7.73. The normalized spacial score (nSPS) is 13.9. The molecule has 0 aliphatic carbocycles. The number of hydrogen-bond acceptors (Lipinski definition) is 8. The fourth-order valence-electron chi connectivity index (χ4n) is 4.37. The van der Waals surface area contributed by atoms with Crippen LogP contribution in [0, 0.1) is 0 Å². The van der Waals surface area contributed by atoms with Gasteiger partial charge in [0, 0.05) is 23.8 Å². The van der Waals surface area contributed by atoms with Crippen molar-refractivity contribution >= 4 is 34.0 Å². The van der Waals surface area contributed by atoms with Crippen LogP contribution in [0.4, 0.5) is 23.1 Å². The lowest BCUT2D eigenvalue weighted by atomic mass is 10.1. The Morgan fingerprint density at radius 2 is 1.69 bits per heavy atom. The van der Waals surface area contributed by atoms with Crippen LogP contribution in [-0.2, 0) is 0 Å². The van der Waals surface area contributed by atoms with Gasteiger partial charge in [-0.15, -0.1) is 0 Å². The molecule has 1 saturated heterocycles. The molecule has 1 aliphatic heterocycles. The molecule has 0 saturated carbocycles. The van der Waals surface area contributed by atoms with Crippen LogP contribution in [-0.4, -0.2) is 53.2 Å². The summed E-state index contributed by atoms with van der Waals surface area (Å²) in [5.74, 6) is 2.84. The molecule has 2 aromatic heterocycles. The number of nitrogens with zero attached hydrogens (tertiary/aromatic N) is 4. The first-order valence-electron chi connectivity index (χ1n) is 12.5. The number of likely N-dealkylation sites (tertiary alicyclic amines) is 1. The van der Waals surface area contributed by atoms with Gasteiger partial charge in [-0.25, -0.2) is 4.98 Å². The molecule has 8 nitrogen and oxygen atoms in total. The molecule has 0 amide bonds. The SMILES string of the molecule is COc1ccc2ncc(Nc3ccnc(Nc4ccc(OCCCN5CCCCC5)cc4)n3)cc2c1. The number of methoxy groups -OCH3 is 1. The monoisotopic (exact) mass is 484 g/mol. The molecule has 0 spiro atoms. The number of ether oxygens (including phenoxy) is 2. The molecule has 2 aromatic carbocycles. The molecule has 8 heteroatoms. The van der Waals surface area contributed by atoms with Crippen LogP contribution in [0.3, 0.4) is 0 Å². The van der Waals surface area contributed by atoms with Crippen molar-refractivity contribution in [2.45, 2.75) is 25.7 Å². The highest BCUT2D eigenvalue weighted by atomic mass is 16.5. The van der Waals surface area contributed by atoms with E-state index in [1.54, 1.807) is 19.5 Å². The van der Waals surface area contributed by atoms with Crippen molar-refractivity contribution in [3.63, 3.8) is 0 Å².